The fourth-order valence-electron chi connectivity index (χ4n) is 2.14. The highest BCUT2D eigenvalue weighted by molar-refractivity contribution is 6.31. The van der Waals surface area contributed by atoms with E-state index in [-0.39, 0.29) is 16.5 Å². The van der Waals surface area contributed by atoms with Gasteiger partial charge in [0.25, 0.3) is 0 Å². The smallest absolute Gasteiger partial charge is 0.197 e. The van der Waals surface area contributed by atoms with E-state index in [2.05, 4.69) is 25.8 Å². The van der Waals surface area contributed by atoms with E-state index in [1.807, 2.05) is 0 Å². The van der Waals surface area contributed by atoms with Gasteiger partial charge in [-0.15, -0.1) is 0 Å². The summed E-state index contributed by atoms with van der Waals surface area (Å²) in [4.78, 5) is 4.29. The van der Waals surface area contributed by atoms with Crippen molar-refractivity contribution in [3.05, 3.63) is 28.9 Å². The minimum absolute atomic E-state index is 0.0339. The van der Waals surface area contributed by atoms with Crippen LogP contribution >= 0.6 is 11.6 Å². The van der Waals surface area contributed by atoms with Gasteiger partial charge in [-0.05, 0) is 17.9 Å². The van der Waals surface area contributed by atoms with E-state index in [1.165, 1.54) is 12.1 Å². The summed E-state index contributed by atoms with van der Waals surface area (Å²) in [5.41, 5.74) is 7.19. The first kappa shape index (κ1) is 14.3. The number of nitrogens with two attached hydrogens (primary N) is 1. The van der Waals surface area contributed by atoms with Crippen molar-refractivity contribution < 1.29 is 8.81 Å². The van der Waals surface area contributed by atoms with E-state index >= 15 is 0 Å². The normalized spacial score (nSPS) is 14.0. The number of aromatic nitrogens is 1. The molecule has 0 saturated carbocycles. The standard InChI is InChI=1S/C14H18ClFN2O/c1-14(2,3)7-8(17)4-13-18-11-5-9(15)10(16)6-12(11)19-13/h5-6,8H,4,7,17H2,1-3H3. The summed E-state index contributed by atoms with van der Waals surface area (Å²) >= 11 is 5.71. The van der Waals surface area contributed by atoms with Crippen molar-refractivity contribution in [2.45, 2.75) is 39.7 Å². The van der Waals surface area contributed by atoms with Crippen molar-refractivity contribution in [3.8, 4) is 0 Å². The third kappa shape index (κ3) is 3.67. The molecule has 2 aromatic rings. The molecule has 0 fully saturated rings. The Morgan fingerprint density at radius 1 is 1.42 bits per heavy atom. The molecule has 5 heteroatoms. The Hall–Kier alpha value is -1.13. The van der Waals surface area contributed by atoms with E-state index < -0.39 is 5.82 Å². The molecule has 0 saturated heterocycles. The van der Waals surface area contributed by atoms with Crippen molar-refractivity contribution >= 4 is 22.7 Å². The second-order valence-electron chi connectivity index (χ2n) is 6.07. The van der Waals surface area contributed by atoms with Crippen molar-refractivity contribution in [1.82, 2.24) is 4.98 Å². The Balaban J connectivity index is 2.18. The van der Waals surface area contributed by atoms with Gasteiger partial charge in [0.2, 0.25) is 0 Å². The lowest BCUT2D eigenvalue weighted by atomic mass is 9.87. The van der Waals surface area contributed by atoms with Gasteiger partial charge in [0.05, 0.1) is 5.02 Å². The lowest BCUT2D eigenvalue weighted by molar-refractivity contribution is 0.329. The highest BCUT2D eigenvalue weighted by Crippen LogP contribution is 2.25. The van der Waals surface area contributed by atoms with Crippen LogP contribution in [0.4, 0.5) is 4.39 Å². The molecule has 0 amide bonds. The first-order chi connectivity index (χ1) is 8.74. The molecule has 2 rings (SSSR count). The zero-order valence-electron chi connectivity index (χ0n) is 11.3. The summed E-state index contributed by atoms with van der Waals surface area (Å²) in [5, 5.41) is 0.0475. The molecule has 0 radical (unpaired) electrons. The second-order valence-corrected chi connectivity index (χ2v) is 6.48. The number of hydrogen-bond acceptors (Lipinski definition) is 3. The van der Waals surface area contributed by atoms with Gasteiger partial charge in [0.1, 0.15) is 11.3 Å². The maximum Gasteiger partial charge on any atom is 0.197 e. The Bertz CT molecular complexity index is 550. The van der Waals surface area contributed by atoms with Crippen LogP contribution in [-0.4, -0.2) is 11.0 Å². The van der Waals surface area contributed by atoms with Crippen molar-refractivity contribution in [3.63, 3.8) is 0 Å². The molecule has 1 unspecified atom stereocenters. The summed E-state index contributed by atoms with van der Waals surface area (Å²) in [5.74, 6) is 0.0178. The molecular weight excluding hydrogens is 267 g/mol. The van der Waals surface area contributed by atoms with E-state index in [1.54, 1.807) is 0 Å². The van der Waals surface area contributed by atoms with Gasteiger partial charge in [-0.3, -0.25) is 0 Å². The van der Waals surface area contributed by atoms with Crippen LogP contribution in [0.15, 0.2) is 16.5 Å². The number of halogens is 2. The van der Waals surface area contributed by atoms with Gasteiger partial charge in [0, 0.05) is 18.5 Å². The molecular formula is C14H18ClFN2O. The van der Waals surface area contributed by atoms with Gasteiger partial charge in [-0.25, -0.2) is 9.37 Å². The number of oxazole rings is 1. The van der Waals surface area contributed by atoms with E-state index in [4.69, 9.17) is 21.8 Å². The quantitative estimate of drug-likeness (QED) is 0.929. The number of fused-ring (bicyclic) bond motifs is 1. The lowest BCUT2D eigenvalue weighted by Gasteiger charge is -2.22. The van der Waals surface area contributed by atoms with Gasteiger partial charge >= 0.3 is 0 Å². The molecule has 0 bridgehead atoms. The van der Waals surface area contributed by atoms with Crippen molar-refractivity contribution in [2.75, 3.05) is 0 Å². The van der Waals surface area contributed by atoms with Crippen LogP contribution in [0.25, 0.3) is 11.1 Å². The molecule has 104 valence electrons. The fourth-order valence-corrected chi connectivity index (χ4v) is 2.30. The Morgan fingerprint density at radius 2 is 2.11 bits per heavy atom. The van der Waals surface area contributed by atoms with Crippen molar-refractivity contribution in [2.24, 2.45) is 11.1 Å². The van der Waals surface area contributed by atoms with Crippen LogP contribution in [-0.2, 0) is 6.42 Å². The highest BCUT2D eigenvalue weighted by atomic mass is 35.5. The molecule has 1 aromatic heterocycles. The first-order valence-corrected chi connectivity index (χ1v) is 6.62. The minimum Gasteiger partial charge on any atom is -0.441 e. The summed E-state index contributed by atoms with van der Waals surface area (Å²) in [7, 11) is 0. The summed E-state index contributed by atoms with van der Waals surface area (Å²) in [6.07, 6.45) is 1.39. The van der Waals surface area contributed by atoms with Gasteiger partial charge in [0.15, 0.2) is 11.5 Å². The van der Waals surface area contributed by atoms with Crippen molar-refractivity contribution in [1.29, 1.82) is 0 Å². The summed E-state index contributed by atoms with van der Waals surface area (Å²) in [6.45, 7) is 6.40. The number of rotatable bonds is 3. The van der Waals surface area contributed by atoms with Crippen LogP contribution in [0, 0.1) is 11.2 Å². The number of benzene rings is 1. The predicted molar refractivity (Wildman–Crippen MR) is 74.7 cm³/mol. The average molecular weight is 285 g/mol. The average Bonchev–Trinajstić information content (AvgIpc) is 2.56. The molecule has 0 aliphatic carbocycles. The minimum atomic E-state index is -0.504. The zero-order valence-corrected chi connectivity index (χ0v) is 12.1. The highest BCUT2D eigenvalue weighted by Gasteiger charge is 2.18. The first-order valence-electron chi connectivity index (χ1n) is 6.25. The van der Waals surface area contributed by atoms with Gasteiger partial charge in [-0.1, -0.05) is 32.4 Å². The lowest BCUT2D eigenvalue weighted by Crippen LogP contribution is -2.28. The molecule has 19 heavy (non-hydrogen) atoms. The Morgan fingerprint density at radius 3 is 2.74 bits per heavy atom. The van der Waals surface area contributed by atoms with Gasteiger partial charge < -0.3 is 10.2 Å². The zero-order chi connectivity index (χ0) is 14.2. The molecule has 0 aliphatic heterocycles. The number of nitrogens with zero attached hydrogens (tertiary/aromatic N) is 1. The second kappa shape index (κ2) is 5.10. The molecule has 1 atom stereocenters. The maximum absolute atomic E-state index is 13.3. The van der Waals surface area contributed by atoms with E-state index in [0.717, 1.165) is 6.42 Å². The predicted octanol–water partition coefficient (Wildman–Crippen LogP) is 3.93. The third-order valence-electron chi connectivity index (χ3n) is 2.79. The SMILES string of the molecule is CC(C)(C)CC(N)Cc1nc2cc(Cl)c(F)cc2o1. The van der Waals surface area contributed by atoms with Crippen LogP contribution in [0.3, 0.4) is 0 Å². The topological polar surface area (TPSA) is 52.0 Å². The third-order valence-corrected chi connectivity index (χ3v) is 3.08. The molecule has 0 aliphatic rings. The molecule has 1 aromatic carbocycles. The molecule has 1 heterocycles. The van der Waals surface area contributed by atoms with Crippen LogP contribution in [0.5, 0.6) is 0 Å². The largest absolute Gasteiger partial charge is 0.441 e. The molecule has 0 spiro atoms. The molecule has 2 N–H and O–H groups in total. The van der Waals surface area contributed by atoms with Gasteiger partial charge in [-0.2, -0.15) is 0 Å². The van der Waals surface area contributed by atoms with E-state index in [0.29, 0.717) is 23.4 Å². The molecule has 3 nitrogen and oxygen atoms in total. The van der Waals surface area contributed by atoms with E-state index in [9.17, 15) is 4.39 Å². The summed E-state index contributed by atoms with van der Waals surface area (Å²) < 4.78 is 18.8. The maximum atomic E-state index is 13.3. The Kier molecular flexibility index (Phi) is 3.83. The number of hydrogen-bond donors (Lipinski definition) is 1. The van der Waals surface area contributed by atoms with Crippen LogP contribution in [0.1, 0.15) is 33.1 Å². The van der Waals surface area contributed by atoms with Crippen LogP contribution < -0.4 is 5.73 Å². The monoisotopic (exact) mass is 284 g/mol. The fraction of sp³-hybridized carbons (Fsp3) is 0.500. The van der Waals surface area contributed by atoms with Crippen LogP contribution in [0.2, 0.25) is 5.02 Å². The summed E-state index contributed by atoms with van der Waals surface area (Å²) in [6, 6.07) is 2.69. The Labute approximate surface area is 116 Å².